The van der Waals surface area contributed by atoms with Gasteiger partial charge in [0.15, 0.2) is 0 Å². The standard InChI is InChI=1S/C9H11ClFN.ClH/c10-8-4-2-1-3-7(8)9(12)5-6-11;/h1-4,9H,5-6,12H2;1H/t9-;/m0./s1. The maximum Gasteiger partial charge on any atom is 0.0912 e. The molecule has 1 aromatic rings. The summed E-state index contributed by atoms with van der Waals surface area (Å²) in [6.45, 7) is -0.410. The van der Waals surface area contributed by atoms with E-state index in [4.69, 9.17) is 17.3 Å². The molecule has 4 heteroatoms. The van der Waals surface area contributed by atoms with Gasteiger partial charge >= 0.3 is 0 Å². The van der Waals surface area contributed by atoms with Crippen molar-refractivity contribution in [3.8, 4) is 0 Å². The largest absolute Gasteiger partial charge is 0.324 e. The molecule has 0 radical (unpaired) electrons. The van der Waals surface area contributed by atoms with E-state index in [1.807, 2.05) is 18.2 Å². The van der Waals surface area contributed by atoms with Crippen molar-refractivity contribution in [3.63, 3.8) is 0 Å². The predicted octanol–water partition coefficient (Wildman–Crippen LogP) is 3.12. The van der Waals surface area contributed by atoms with Gasteiger partial charge in [0.25, 0.3) is 0 Å². The van der Waals surface area contributed by atoms with E-state index in [-0.39, 0.29) is 18.4 Å². The SMILES string of the molecule is Cl.N[C@@H](CCF)c1ccccc1Cl. The minimum Gasteiger partial charge on any atom is -0.324 e. The van der Waals surface area contributed by atoms with E-state index in [1.54, 1.807) is 6.07 Å². The molecule has 0 aliphatic carbocycles. The molecule has 1 atom stereocenters. The van der Waals surface area contributed by atoms with E-state index >= 15 is 0 Å². The Labute approximate surface area is 88.5 Å². The third kappa shape index (κ3) is 3.51. The van der Waals surface area contributed by atoms with Crippen LogP contribution >= 0.6 is 24.0 Å². The molecule has 0 spiro atoms. The van der Waals surface area contributed by atoms with Gasteiger partial charge in [-0.25, -0.2) is 0 Å². The number of hydrogen-bond acceptors (Lipinski definition) is 1. The molecule has 0 aromatic heterocycles. The van der Waals surface area contributed by atoms with Crippen molar-refractivity contribution in [2.75, 3.05) is 6.67 Å². The second-order valence-corrected chi connectivity index (χ2v) is 3.01. The van der Waals surface area contributed by atoms with Crippen molar-refractivity contribution >= 4 is 24.0 Å². The molecule has 0 unspecified atom stereocenters. The maximum atomic E-state index is 11.9. The fourth-order valence-corrected chi connectivity index (χ4v) is 1.32. The number of hydrogen-bond donors (Lipinski definition) is 1. The van der Waals surface area contributed by atoms with E-state index in [0.717, 1.165) is 5.56 Å². The third-order valence-electron chi connectivity index (χ3n) is 1.72. The van der Waals surface area contributed by atoms with Crippen LogP contribution in [0.2, 0.25) is 5.02 Å². The van der Waals surface area contributed by atoms with E-state index in [1.165, 1.54) is 0 Å². The average Bonchev–Trinajstić information content (AvgIpc) is 2.05. The van der Waals surface area contributed by atoms with Crippen LogP contribution in [-0.4, -0.2) is 6.67 Å². The maximum absolute atomic E-state index is 11.9. The first kappa shape index (κ1) is 12.7. The van der Waals surface area contributed by atoms with Gasteiger partial charge in [-0.15, -0.1) is 12.4 Å². The molecular weight excluding hydrogens is 212 g/mol. The average molecular weight is 224 g/mol. The van der Waals surface area contributed by atoms with Gasteiger partial charge in [-0.1, -0.05) is 29.8 Å². The second-order valence-electron chi connectivity index (χ2n) is 2.61. The fourth-order valence-electron chi connectivity index (χ4n) is 1.05. The molecule has 0 amide bonds. The fraction of sp³-hybridized carbons (Fsp3) is 0.333. The van der Waals surface area contributed by atoms with Gasteiger partial charge in [0.2, 0.25) is 0 Å². The quantitative estimate of drug-likeness (QED) is 0.838. The van der Waals surface area contributed by atoms with Gasteiger partial charge in [0, 0.05) is 11.1 Å². The summed E-state index contributed by atoms with van der Waals surface area (Å²) in [7, 11) is 0. The summed E-state index contributed by atoms with van der Waals surface area (Å²) in [5, 5.41) is 0.610. The zero-order valence-corrected chi connectivity index (χ0v) is 8.61. The molecule has 0 bridgehead atoms. The van der Waals surface area contributed by atoms with E-state index in [2.05, 4.69) is 0 Å². The van der Waals surface area contributed by atoms with E-state index in [0.29, 0.717) is 11.4 Å². The van der Waals surface area contributed by atoms with Crippen LogP contribution in [0.1, 0.15) is 18.0 Å². The third-order valence-corrected chi connectivity index (χ3v) is 2.07. The molecule has 1 aromatic carbocycles. The number of benzene rings is 1. The van der Waals surface area contributed by atoms with Crippen molar-refractivity contribution < 1.29 is 4.39 Å². The predicted molar refractivity (Wildman–Crippen MR) is 56.2 cm³/mol. The molecule has 2 N–H and O–H groups in total. The smallest absolute Gasteiger partial charge is 0.0912 e. The van der Waals surface area contributed by atoms with Gasteiger partial charge < -0.3 is 5.73 Å². The normalized spacial score (nSPS) is 11.9. The summed E-state index contributed by atoms with van der Waals surface area (Å²) >= 11 is 5.85. The van der Waals surface area contributed by atoms with Crippen molar-refractivity contribution in [2.45, 2.75) is 12.5 Å². The van der Waals surface area contributed by atoms with E-state index in [9.17, 15) is 4.39 Å². The van der Waals surface area contributed by atoms with Crippen LogP contribution in [0.3, 0.4) is 0 Å². The Balaban J connectivity index is 0.00000144. The summed E-state index contributed by atoms with van der Waals surface area (Å²) in [4.78, 5) is 0. The van der Waals surface area contributed by atoms with Crippen LogP contribution in [0.25, 0.3) is 0 Å². The zero-order chi connectivity index (χ0) is 8.97. The minimum atomic E-state index is -0.410. The van der Waals surface area contributed by atoms with Crippen molar-refractivity contribution in [3.05, 3.63) is 34.9 Å². The first-order valence-electron chi connectivity index (χ1n) is 3.81. The number of nitrogens with two attached hydrogens (primary N) is 1. The summed E-state index contributed by atoms with van der Waals surface area (Å²) in [6.07, 6.45) is 0.323. The van der Waals surface area contributed by atoms with Gasteiger partial charge in [-0.2, -0.15) is 0 Å². The molecule has 1 nitrogen and oxygen atoms in total. The molecule has 13 heavy (non-hydrogen) atoms. The van der Waals surface area contributed by atoms with Gasteiger partial charge in [-0.3, -0.25) is 4.39 Å². The van der Waals surface area contributed by atoms with Gasteiger partial charge in [0.05, 0.1) is 6.67 Å². The Morgan fingerprint density at radius 3 is 2.54 bits per heavy atom. The first-order chi connectivity index (χ1) is 5.75. The number of halogens is 3. The summed E-state index contributed by atoms with van der Waals surface area (Å²) in [5.74, 6) is 0. The molecule has 1 rings (SSSR count). The van der Waals surface area contributed by atoms with Crippen LogP contribution in [0.15, 0.2) is 24.3 Å². The Kier molecular flexibility index (Phi) is 6.04. The minimum absolute atomic E-state index is 0. The summed E-state index contributed by atoms with van der Waals surface area (Å²) in [5.41, 5.74) is 6.50. The van der Waals surface area contributed by atoms with Crippen LogP contribution < -0.4 is 5.73 Å². The van der Waals surface area contributed by atoms with Crippen molar-refractivity contribution in [1.29, 1.82) is 0 Å². The molecular formula is C9H12Cl2FN. The first-order valence-corrected chi connectivity index (χ1v) is 4.19. The Bertz CT molecular complexity index is 255. The molecule has 0 heterocycles. The van der Waals surface area contributed by atoms with Crippen molar-refractivity contribution in [2.24, 2.45) is 5.73 Å². The zero-order valence-electron chi connectivity index (χ0n) is 7.04. The topological polar surface area (TPSA) is 26.0 Å². The molecule has 0 saturated carbocycles. The van der Waals surface area contributed by atoms with Crippen molar-refractivity contribution in [1.82, 2.24) is 0 Å². The summed E-state index contributed by atoms with van der Waals surface area (Å²) < 4.78 is 11.9. The van der Waals surface area contributed by atoms with Crippen LogP contribution in [0.5, 0.6) is 0 Å². The lowest BCUT2D eigenvalue weighted by atomic mass is 10.1. The van der Waals surface area contributed by atoms with E-state index < -0.39 is 6.67 Å². The van der Waals surface area contributed by atoms with Gasteiger partial charge in [0.1, 0.15) is 0 Å². The Morgan fingerprint density at radius 2 is 2.00 bits per heavy atom. The second kappa shape index (κ2) is 6.19. The number of alkyl halides is 1. The van der Waals surface area contributed by atoms with Crippen LogP contribution in [0, 0.1) is 0 Å². The lowest BCUT2D eigenvalue weighted by Crippen LogP contribution is -2.11. The highest BCUT2D eigenvalue weighted by atomic mass is 35.5. The van der Waals surface area contributed by atoms with Crippen LogP contribution in [-0.2, 0) is 0 Å². The Morgan fingerprint density at radius 1 is 1.38 bits per heavy atom. The lowest BCUT2D eigenvalue weighted by molar-refractivity contribution is 0.442. The van der Waals surface area contributed by atoms with Crippen LogP contribution in [0.4, 0.5) is 4.39 Å². The highest BCUT2D eigenvalue weighted by Gasteiger charge is 2.08. The highest BCUT2D eigenvalue weighted by Crippen LogP contribution is 2.22. The molecule has 0 saturated heterocycles. The highest BCUT2D eigenvalue weighted by molar-refractivity contribution is 6.31. The molecule has 0 aliphatic rings. The Hall–Kier alpha value is -0.310. The molecule has 74 valence electrons. The van der Waals surface area contributed by atoms with Gasteiger partial charge in [-0.05, 0) is 18.1 Å². The molecule has 0 fully saturated rings. The lowest BCUT2D eigenvalue weighted by Gasteiger charge is -2.10. The monoisotopic (exact) mass is 223 g/mol. The number of rotatable bonds is 3. The summed E-state index contributed by atoms with van der Waals surface area (Å²) in [6, 6.07) is 6.97. The molecule has 0 aliphatic heterocycles.